The molecule has 110 valence electrons. The van der Waals surface area contributed by atoms with Crippen LogP contribution in [0.5, 0.6) is 0 Å². The van der Waals surface area contributed by atoms with Crippen molar-refractivity contribution in [3.63, 3.8) is 0 Å². The first kappa shape index (κ1) is 14.1. The minimum Gasteiger partial charge on any atom is -0.278 e. The van der Waals surface area contributed by atoms with Crippen molar-refractivity contribution < 1.29 is 9.59 Å². The summed E-state index contributed by atoms with van der Waals surface area (Å²) in [7, 11) is 0. The van der Waals surface area contributed by atoms with Gasteiger partial charge in [0, 0.05) is 24.3 Å². The van der Waals surface area contributed by atoms with Crippen LogP contribution >= 0.6 is 0 Å². The smallest absolute Gasteiger partial charge is 0.233 e. The fraction of sp³-hybridized carbons (Fsp3) is 0.444. The predicted octanol–water partition coefficient (Wildman–Crippen LogP) is 3.06. The average molecular weight is 283 g/mol. The van der Waals surface area contributed by atoms with Crippen molar-refractivity contribution in [2.45, 2.75) is 37.5 Å². The highest BCUT2D eigenvalue weighted by atomic mass is 16.2. The molecule has 21 heavy (non-hydrogen) atoms. The number of carbonyl (C=O) groups excluding carboxylic acids is 2. The van der Waals surface area contributed by atoms with Crippen molar-refractivity contribution in [2.24, 2.45) is 5.92 Å². The molecule has 1 aliphatic heterocycles. The normalized spacial score (nSPS) is 29.1. The second-order valence-electron chi connectivity index (χ2n) is 6.13. The van der Waals surface area contributed by atoms with E-state index in [4.69, 9.17) is 0 Å². The molecule has 1 heterocycles. The third-order valence-electron chi connectivity index (χ3n) is 5.02. The van der Waals surface area contributed by atoms with Crippen LogP contribution in [0.15, 0.2) is 43.0 Å². The van der Waals surface area contributed by atoms with Gasteiger partial charge in [-0.15, -0.1) is 6.58 Å². The third kappa shape index (κ3) is 2.21. The van der Waals surface area contributed by atoms with Crippen LogP contribution in [0.4, 0.5) is 0 Å². The summed E-state index contributed by atoms with van der Waals surface area (Å²) >= 11 is 0. The molecular formula is C18H21NO2. The number of carbonyl (C=O) groups is 2. The standard InChI is InChI=1S/C18H21NO2/c1-2-12-19-16(20)13-18(14-8-4-3-5-9-14)11-7-6-10-15(18)17(19)21/h2-5,8-9,15H,1,6-7,10-13H2/t15-,18+/m0/s1. The summed E-state index contributed by atoms with van der Waals surface area (Å²) in [6.45, 7) is 3.99. The molecule has 0 radical (unpaired) electrons. The Morgan fingerprint density at radius 3 is 2.71 bits per heavy atom. The van der Waals surface area contributed by atoms with Crippen LogP contribution < -0.4 is 0 Å². The van der Waals surface area contributed by atoms with Gasteiger partial charge >= 0.3 is 0 Å². The summed E-state index contributed by atoms with van der Waals surface area (Å²) in [6.07, 6.45) is 6.06. The number of hydrogen-bond donors (Lipinski definition) is 0. The van der Waals surface area contributed by atoms with Crippen LogP contribution in [0, 0.1) is 5.92 Å². The molecule has 2 atom stereocenters. The van der Waals surface area contributed by atoms with Gasteiger partial charge in [0.2, 0.25) is 11.8 Å². The SMILES string of the molecule is C=CCN1C(=O)C[C@@]2(c3ccccc3)CCCC[C@H]2C1=O. The Morgan fingerprint density at radius 1 is 1.24 bits per heavy atom. The van der Waals surface area contributed by atoms with E-state index in [1.54, 1.807) is 6.08 Å². The molecule has 1 aliphatic carbocycles. The Kier molecular flexibility index (Phi) is 3.66. The molecule has 2 aliphatic rings. The highest BCUT2D eigenvalue weighted by Crippen LogP contribution is 2.49. The van der Waals surface area contributed by atoms with Crippen LogP contribution in [0.25, 0.3) is 0 Å². The molecule has 0 aromatic heterocycles. The van der Waals surface area contributed by atoms with Gasteiger partial charge in [-0.05, 0) is 18.4 Å². The number of amides is 2. The van der Waals surface area contributed by atoms with Crippen molar-refractivity contribution in [1.29, 1.82) is 0 Å². The zero-order valence-electron chi connectivity index (χ0n) is 12.3. The molecule has 3 nitrogen and oxygen atoms in total. The number of benzene rings is 1. The fourth-order valence-corrected chi connectivity index (χ4v) is 4.03. The van der Waals surface area contributed by atoms with Gasteiger partial charge in [0.25, 0.3) is 0 Å². The molecular weight excluding hydrogens is 262 g/mol. The number of imide groups is 1. The minimum absolute atomic E-state index is 0.00490. The van der Waals surface area contributed by atoms with Crippen molar-refractivity contribution in [3.05, 3.63) is 48.6 Å². The van der Waals surface area contributed by atoms with Crippen molar-refractivity contribution >= 4 is 11.8 Å². The van der Waals surface area contributed by atoms with E-state index in [0.29, 0.717) is 13.0 Å². The van der Waals surface area contributed by atoms with Gasteiger partial charge in [0.1, 0.15) is 0 Å². The molecule has 0 unspecified atom stereocenters. The molecule has 3 rings (SSSR count). The van der Waals surface area contributed by atoms with E-state index in [2.05, 4.69) is 18.7 Å². The lowest BCUT2D eigenvalue weighted by Gasteiger charge is -2.49. The summed E-state index contributed by atoms with van der Waals surface area (Å²) in [4.78, 5) is 26.7. The maximum Gasteiger partial charge on any atom is 0.233 e. The summed E-state index contributed by atoms with van der Waals surface area (Å²) in [6, 6.07) is 10.1. The molecule has 2 amide bonds. The van der Waals surface area contributed by atoms with E-state index >= 15 is 0 Å². The quantitative estimate of drug-likeness (QED) is 0.631. The zero-order chi connectivity index (χ0) is 14.9. The molecule has 0 N–H and O–H groups in total. The summed E-state index contributed by atoms with van der Waals surface area (Å²) in [5.41, 5.74) is 0.861. The second-order valence-corrected chi connectivity index (χ2v) is 6.13. The Bertz CT molecular complexity index is 566. The first-order valence-corrected chi connectivity index (χ1v) is 7.70. The molecule has 1 aromatic carbocycles. The summed E-state index contributed by atoms with van der Waals surface area (Å²) in [5, 5.41) is 0. The maximum absolute atomic E-state index is 12.8. The van der Waals surface area contributed by atoms with Crippen molar-refractivity contribution in [3.8, 4) is 0 Å². The van der Waals surface area contributed by atoms with Gasteiger partial charge in [0.05, 0.1) is 0 Å². The number of nitrogens with zero attached hydrogens (tertiary/aromatic N) is 1. The van der Waals surface area contributed by atoms with E-state index in [9.17, 15) is 9.59 Å². The van der Waals surface area contributed by atoms with Gasteiger partial charge in [-0.3, -0.25) is 14.5 Å². The van der Waals surface area contributed by atoms with Gasteiger partial charge < -0.3 is 0 Å². The Hall–Kier alpha value is -1.90. The van der Waals surface area contributed by atoms with Crippen LogP contribution in [0.2, 0.25) is 0 Å². The summed E-state index contributed by atoms with van der Waals surface area (Å²) < 4.78 is 0. The molecule has 0 spiro atoms. The topological polar surface area (TPSA) is 37.4 Å². The van der Waals surface area contributed by atoms with Crippen LogP contribution in [0.3, 0.4) is 0 Å². The average Bonchev–Trinajstić information content (AvgIpc) is 2.52. The summed E-state index contributed by atoms with van der Waals surface area (Å²) in [5.74, 6) is -0.122. The van der Waals surface area contributed by atoms with Gasteiger partial charge in [-0.25, -0.2) is 0 Å². The fourth-order valence-electron chi connectivity index (χ4n) is 4.03. The van der Waals surface area contributed by atoms with E-state index in [1.165, 1.54) is 4.90 Å². The molecule has 3 heteroatoms. The number of hydrogen-bond acceptors (Lipinski definition) is 2. The third-order valence-corrected chi connectivity index (χ3v) is 5.02. The van der Waals surface area contributed by atoms with E-state index < -0.39 is 0 Å². The Labute approximate surface area is 125 Å². The largest absolute Gasteiger partial charge is 0.278 e. The highest BCUT2D eigenvalue weighted by molar-refractivity contribution is 6.01. The number of fused-ring (bicyclic) bond motifs is 1. The zero-order valence-corrected chi connectivity index (χ0v) is 12.3. The number of piperidine rings is 1. The Morgan fingerprint density at radius 2 is 2.00 bits per heavy atom. The van der Waals surface area contributed by atoms with E-state index in [-0.39, 0.29) is 23.1 Å². The molecule has 2 fully saturated rings. The molecule has 1 aromatic rings. The predicted molar refractivity (Wildman–Crippen MR) is 81.6 cm³/mol. The van der Waals surface area contributed by atoms with Crippen molar-refractivity contribution in [2.75, 3.05) is 6.54 Å². The monoisotopic (exact) mass is 283 g/mol. The Balaban J connectivity index is 2.03. The van der Waals surface area contributed by atoms with Crippen molar-refractivity contribution in [1.82, 2.24) is 4.90 Å². The van der Waals surface area contributed by atoms with Gasteiger partial charge in [-0.1, -0.05) is 49.2 Å². The highest BCUT2D eigenvalue weighted by Gasteiger charge is 2.52. The molecule has 0 bridgehead atoms. The van der Waals surface area contributed by atoms with Gasteiger partial charge in [-0.2, -0.15) is 0 Å². The van der Waals surface area contributed by atoms with Gasteiger partial charge in [0.15, 0.2) is 0 Å². The van der Waals surface area contributed by atoms with Crippen LogP contribution in [0.1, 0.15) is 37.7 Å². The lowest BCUT2D eigenvalue weighted by Crippen LogP contribution is -2.57. The van der Waals surface area contributed by atoms with E-state index in [0.717, 1.165) is 31.2 Å². The second kappa shape index (κ2) is 5.47. The van der Waals surface area contributed by atoms with Crippen LogP contribution in [-0.4, -0.2) is 23.3 Å². The van der Waals surface area contributed by atoms with Crippen LogP contribution in [-0.2, 0) is 15.0 Å². The number of likely N-dealkylation sites (tertiary alicyclic amines) is 1. The number of rotatable bonds is 3. The lowest BCUT2D eigenvalue weighted by molar-refractivity contribution is -0.157. The molecule has 1 saturated heterocycles. The minimum atomic E-state index is -0.286. The lowest BCUT2D eigenvalue weighted by atomic mass is 9.58. The van der Waals surface area contributed by atoms with E-state index in [1.807, 2.05) is 18.2 Å². The first-order chi connectivity index (χ1) is 10.2. The molecule has 1 saturated carbocycles. The maximum atomic E-state index is 12.8. The first-order valence-electron chi connectivity index (χ1n) is 7.70.